The topological polar surface area (TPSA) is 92.8 Å². The van der Waals surface area contributed by atoms with Crippen LogP contribution in [0.2, 0.25) is 5.02 Å². The summed E-state index contributed by atoms with van der Waals surface area (Å²) >= 11 is 6.08. The van der Waals surface area contributed by atoms with Crippen LogP contribution in [0.4, 0.5) is 13.2 Å². The monoisotopic (exact) mass is 437 g/mol. The quantitative estimate of drug-likeness (QED) is 0.651. The molecule has 1 N–H and O–H groups in total. The molecule has 0 fully saturated rings. The molecule has 0 aliphatic heterocycles. The Morgan fingerprint density at radius 2 is 1.83 bits per heavy atom. The molecule has 1 atom stereocenters. The Kier molecular flexibility index (Phi) is 5.59. The van der Waals surface area contributed by atoms with Gasteiger partial charge in [0.15, 0.2) is 0 Å². The summed E-state index contributed by atoms with van der Waals surface area (Å²) in [5.41, 5.74) is 0.630. The van der Waals surface area contributed by atoms with Crippen LogP contribution in [0.5, 0.6) is 5.75 Å². The first-order valence-corrected chi connectivity index (χ1v) is 8.96. The molecule has 156 valence electrons. The van der Waals surface area contributed by atoms with Crippen molar-refractivity contribution in [3.05, 3.63) is 52.5 Å². The van der Waals surface area contributed by atoms with Gasteiger partial charge in [0, 0.05) is 10.6 Å². The normalized spacial score (nSPS) is 13.5. The highest BCUT2D eigenvalue weighted by Crippen LogP contribution is 2.23. The Hall–Kier alpha value is -3.32. The number of aryl methyl sites for hydroxylation is 1. The number of aromatic nitrogens is 3. The van der Waals surface area contributed by atoms with Gasteiger partial charge < -0.3 is 10.1 Å². The number of nitrogens with one attached hydrogen (secondary N) is 1. The van der Waals surface area contributed by atoms with Crippen LogP contribution >= 0.6 is 11.6 Å². The fourth-order valence-electron chi connectivity index (χ4n) is 2.67. The number of halogens is 4. The van der Waals surface area contributed by atoms with E-state index < -0.39 is 23.6 Å². The highest BCUT2D eigenvalue weighted by atomic mass is 35.5. The zero-order chi connectivity index (χ0) is 22.1. The molecule has 0 aliphatic rings. The van der Waals surface area contributed by atoms with E-state index in [4.69, 9.17) is 11.6 Å². The van der Waals surface area contributed by atoms with Crippen LogP contribution in [-0.4, -0.2) is 32.8 Å². The molecule has 0 spiro atoms. The summed E-state index contributed by atoms with van der Waals surface area (Å²) in [6, 6.07) is 9.78. The van der Waals surface area contributed by atoms with E-state index in [-0.39, 0.29) is 12.1 Å². The maximum absolute atomic E-state index is 12.5. The number of nitrogens with zero attached hydrogens (tertiary/aromatic N) is 4. The third kappa shape index (κ3) is 4.99. The maximum Gasteiger partial charge on any atom is 0.573 e. The van der Waals surface area contributed by atoms with Crippen molar-refractivity contribution < 1.29 is 22.7 Å². The van der Waals surface area contributed by atoms with Gasteiger partial charge in [-0.1, -0.05) is 11.6 Å². The van der Waals surface area contributed by atoms with Crippen molar-refractivity contribution in [1.82, 2.24) is 20.3 Å². The Balaban J connectivity index is 1.75. The van der Waals surface area contributed by atoms with E-state index in [1.54, 1.807) is 12.1 Å². The number of carbonyl (C=O) groups is 1. The summed E-state index contributed by atoms with van der Waals surface area (Å²) in [4.78, 5) is 13.8. The molecule has 0 saturated carbocycles. The fourth-order valence-corrected chi connectivity index (χ4v) is 2.83. The summed E-state index contributed by atoms with van der Waals surface area (Å²) in [7, 11) is 0. The second-order valence-corrected chi connectivity index (χ2v) is 7.20. The molecule has 0 aliphatic carbocycles. The lowest BCUT2D eigenvalue weighted by Gasteiger charge is -2.22. The lowest BCUT2D eigenvalue weighted by atomic mass is 10.0. The second-order valence-electron chi connectivity index (χ2n) is 6.79. The molecule has 11 heteroatoms. The largest absolute Gasteiger partial charge is 0.573 e. The summed E-state index contributed by atoms with van der Waals surface area (Å²) in [5, 5.41) is 21.2. The van der Waals surface area contributed by atoms with Gasteiger partial charge >= 0.3 is 6.36 Å². The van der Waals surface area contributed by atoms with Crippen molar-refractivity contribution in [2.75, 3.05) is 0 Å². The van der Waals surface area contributed by atoms with E-state index in [2.05, 4.69) is 20.3 Å². The van der Waals surface area contributed by atoms with Crippen LogP contribution in [-0.2, 0) is 6.54 Å². The molecule has 3 rings (SSSR count). The highest BCUT2D eigenvalue weighted by Gasteiger charge is 2.31. The van der Waals surface area contributed by atoms with Gasteiger partial charge in [-0.15, -0.1) is 13.2 Å². The molecule has 0 radical (unpaired) electrons. The predicted molar refractivity (Wildman–Crippen MR) is 102 cm³/mol. The number of amides is 1. The van der Waals surface area contributed by atoms with Gasteiger partial charge in [-0.05, 0) is 55.8 Å². The first kappa shape index (κ1) is 21.4. The number of benzene rings is 2. The zero-order valence-corrected chi connectivity index (χ0v) is 16.5. The summed E-state index contributed by atoms with van der Waals surface area (Å²) in [6.45, 7) is 3.25. The molecular formula is C19H15ClF3N5O2. The number of fused-ring (bicyclic) bond motifs is 1. The summed E-state index contributed by atoms with van der Waals surface area (Å²) in [5.74, 6) is -1.10. The van der Waals surface area contributed by atoms with Gasteiger partial charge in [-0.2, -0.15) is 20.3 Å². The minimum atomic E-state index is -4.83. The Morgan fingerprint density at radius 3 is 2.40 bits per heavy atom. The Morgan fingerprint density at radius 1 is 1.23 bits per heavy atom. The van der Waals surface area contributed by atoms with Gasteiger partial charge in [0.05, 0.1) is 12.6 Å². The Bertz CT molecular complexity index is 1100. The van der Waals surface area contributed by atoms with E-state index in [1.165, 1.54) is 23.9 Å². The molecule has 1 unspecified atom stereocenters. The smallest absolute Gasteiger partial charge is 0.406 e. The Labute approximate surface area is 174 Å². The van der Waals surface area contributed by atoms with Crippen molar-refractivity contribution in [3.63, 3.8) is 0 Å². The standard InChI is InChI=1S/C19H15ClF3N5O2/c1-11-7-15-16(8-14(11)20)27-28(26-15)10-18(2,9-24)25-17(29)12-3-5-13(6-4-12)30-19(21,22)23/h3-8H,10H2,1-2H3,(H,25,29). The number of alkyl halides is 3. The number of ether oxygens (including phenoxy) is 1. The molecule has 30 heavy (non-hydrogen) atoms. The first-order chi connectivity index (χ1) is 14.0. The van der Waals surface area contributed by atoms with Crippen molar-refractivity contribution in [2.24, 2.45) is 0 Å². The van der Waals surface area contributed by atoms with Gasteiger partial charge in [-0.25, -0.2) is 0 Å². The van der Waals surface area contributed by atoms with E-state index >= 15 is 0 Å². The van der Waals surface area contributed by atoms with Crippen molar-refractivity contribution in [1.29, 1.82) is 5.26 Å². The van der Waals surface area contributed by atoms with E-state index in [0.717, 1.165) is 17.7 Å². The van der Waals surface area contributed by atoms with Crippen LogP contribution in [0.25, 0.3) is 11.0 Å². The van der Waals surface area contributed by atoms with Crippen LogP contribution < -0.4 is 10.1 Å². The number of nitriles is 1. The van der Waals surface area contributed by atoms with Crippen molar-refractivity contribution in [2.45, 2.75) is 32.3 Å². The van der Waals surface area contributed by atoms with Gasteiger partial charge in [0.1, 0.15) is 22.3 Å². The molecule has 1 aromatic heterocycles. The minimum Gasteiger partial charge on any atom is -0.406 e. The van der Waals surface area contributed by atoms with Gasteiger partial charge in [-0.3, -0.25) is 4.79 Å². The molecule has 2 aromatic carbocycles. The second kappa shape index (κ2) is 7.84. The number of carbonyl (C=O) groups excluding carboxylic acids is 1. The number of rotatable bonds is 5. The maximum atomic E-state index is 12.5. The number of hydrogen-bond donors (Lipinski definition) is 1. The van der Waals surface area contributed by atoms with Gasteiger partial charge in [0.2, 0.25) is 0 Å². The lowest BCUT2D eigenvalue weighted by molar-refractivity contribution is -0.274. The van der Waals surface area contributed by atoms with Crippen LogP contribution in [0.15, 0.2) is 36.4 Å². The lowest BCUT2D eigenvalue weighted by Crippen LogP contribution is -2.48. The third-order valence-electron chi connectivity index (χ3n) is 4.15. The average molecular weight is 438 g/mol. The molecule has 3 aromatic rings. The molecule has 0 bridgehead atoms. The zero-order valence-electron chi connectivity index (χ0n) is 15.8. The van der Waals surface area contributed by atoms with Crippen LogP contribution in [0.1, 0.15) is 22.8 Å². The molecule has 1 amide bonds. The first-order valence-electron chi connectivity index (χ1n) is 8.58. The highest BCUT2D eigenvalue weighted by molar-refractivity contribution is 6.32. The summed E-state index contributed by atoms with van der Waals surface area (Å²) in [6.07, 6.45) is -4.83. The molecule has 1 heterocycles. The summed E-state index contributed by atoms with van der Waals surface area (Å²) < 4.78 is 40.5. The fraction of sp³-hybridized carbons (Fsp3) is 0.263. The van der Waals surface area contributed by atoms with Crippen LogP contribution in [0.3, 0.4) is 0 Å². The average Bonchev–Trinajstić information content (AvgIpc) is 3.01. The van der Waals surface area contributed by atoms with Crippen molar-refractivity contribution >= 4 is 28.5 Å². The van der Waals surface area contributed by atoms with E-state index in [1.807, 2.05) is 13.0 Å². The minimum absolute atomic E-state index is 0.0597. The SMILES string of the molecule is Cc1cc2nn(CC(C)(C#N)NC(=O)c3ccc(OC(F)(F)F)cc3)nc2cc1Cl. The molecule has 7 nitrogen and oxygen atoms in total. The molecular weight excluding hydrogens is 423 g/mol. The van der Waals surface area contributed by atoms with Crippen LogP contribution in [0, 0.1) is 18.3 Å². The van der Waals surface area contributed by atoms with E-state index in [9.17, 15) is 23.2 Å². The van der Waals surface area contributed by atoms with E-state index in [0.29, 0.717) is 16.1 Å². The third-order valence-corrected chi connectivity index (χ3v) is 4.55. The van der Waals surface area contributed by atoms with Crippen molar-refractivity contribution in [3.8, 4) is 11.8 Å². The number of hydrogen-bond acceptors (Lipinski definition) is 5. The predicted octanol–water partition coefficient (Wildman–Crippen LogP) is 4.00. The molecule has 0 saturated heterocycles. The van der Waals surface area contributed by atoms with Gasteiger partial charge in [0.25, 0.3) is 5.91 Å².